The summed E-state index contributed by atoms with van der Waals surface area (Å²) >= 11 is 0. The molecule has 0 unspecified atom stereocenters. The van der Waals surface area contributed by atoms with Gasteiger partial charge in [0.25, 0.3) is 0 Å². The molecule has 0 heterocycles. The molecule has 1 fully saturated rings. The van der Waals surface area contributed by atoms with Gasteiger partial charge in [0.2, 0.25) is 0 Å². The Morgan fingerprint density at radius 2 is 1.34 bits per heavy atom. The van der Waals surface area contributed by atoms with E-state index in [4.69, 9.17) is 0 Å². The number of carbonyl (C=O) groups excluding carboxylic acids is 1. The molecular weight excluding hydrogens is 477 g/mol. The fourth-order valence-corrected chi connectivity index (χ4v) is 4.42. The molecule has 3 rings (SSSR count). The highest BCUT2D eigenvalue weighted by molar-refractivity contribution is 5.81. The Labute approximate surface area is 199 Å². The molecule has 1 saturated carbocycles. The van der Waals surface area contributed by atoms with Crippen molar-refractivity contribution in [1.82, 2.24) is 0 Å². The summed E-state index contributed by atoms with van der Waals surface area (Å²) in [6, 6.07) is 12.8. The summed E-state index contributed by atoms with van der Waals surface area (Å²) in [6.07, 6.45) is 1.89. The fraction of sp³-hybridized carbons (Fsp3) is 0.500. The number of carbonyl (C=O) groups is 1. The Hall–Kier alpha value is -2.58. The van der Waals surface area contributed by atoms with Crippen molar-refractivity contribution in [2.75, 3.05) is 0 Å². The van der Waals surface area contributed by atoms with Crippen LogP contribution in [0.3, 0.4) is 0 Å². The van der Waals surface area contributed by atoms with Gasteiger partial charge >= 0.3 is 24.0 Å². The van der Waals surface area contributed by atoms with Gasteiger partial charge in [-0.2, -0.15) is 30.7 Å². The van der Waals surface area contributed by atoms with Gasteiger partial charge in [0.05, 0.1) is 0 Å². The Balaban J connectivity index is 1.62. The van der Waals surface area contributed by atoms with Crippen LogP contribution in [0.1, 0.15) is 63.4 Å². The Kier molecular flexibility index (Phi) is 8.17. The van der Waals surface area contributed by atoms with Gasteiger partial charge in [-0.25, -0.2) is 4.79 Å². The van der Waals surface area contributed by atoms with Gasteiger partial charge in [-0.15, -0.1) is 0 Å². The van der Waals surface area contributed by atoms with Crippen LogP contribution < -0.4 is 4.74 Å². The highest BCUT2D eigenvalue weighted by atomic mass is 19.4. The number of halogens is 7. The maximum atomic E-state index is 13.4. The lowest BCUT2D eigenvalue weighted by atomic mass is 9.77. The monoisotopic (exact) mass is 504 g/mol. The Bertz CT molecular complexity index is 974. The van der Waals surface area contributed by atoms with Crippen molar-refractivity contribution in [2.45, 2.75) is 75.8 Å². The molecule has 2 nitrogen and oxygen atoms in total. The molecule has 0 spiro atoms. The first-order valence-corrected chi connectivity index (χ1v) is 11.6. The van der Waals surface area contributed by atoms with Gasteiger partial charge in [0, 0.05) is 0 Å². The summed E-state index contributed by atoms with van der Waals surface area (Å²) < 4.78 is 93.7. The molecule has 0 aliphatic heterocycles. The molecule has 1 aliphatic rings. The summed E-state index contributed by atoms with van der Waals surface area (Å²) in [5.41, 5.74) is 2.66. The summed E-state index contributed by atoms with van der Waals surface area (Å²) in [5, 5.41) is 0. The first-order valence-electron chi connectivity index (χ1n) is 11.6. The summed E-state index contributed by atoms with van der Waals surface area (Å²) in [4.78, 5) is 11.4. The van der Waals surface area contributed by atoms with Gasteiger partial charge in [-0.3, -0.25) is 0 Å². The predicted octanol–water partition coefficient (Wildman–Crippen LogP) is 8.56. The molecule has 0 amide bonds. The molecule has 2 aromatic carbocycles. The Morgan fingerprint density at radius 1 is 0.829 bits per heavy atom. The van der Waals surface area contributed by atoms with Gasteiger partial charge in [0.15, 0.2) is 0 Å². The van der Waals surface area contributed by atoms with E-state index >= 15 is 0 Å². The van der Waals surface area contributed by atoms with E-state index in [1.54, 1.807) is 0 Å². The van der Waals surface area contributed by atoms with Crippen molar-refractivity contribution >= 4 is 5.97 Å². The van der Waals surface area contributed by atoms with Crippen molar-refractivity contribution in [3.05, 3.63) is 54.1 Å². The number of benzene rings is 2. The van der Waals surface area contributed by atoms with E-state index in [9.17, 15) is 35.5 Å². The largest absolute Gasteiger partial charge is 0.460 e. The van der Waals surface area contributed by atoms with Crippen molar-refractivity contribution in [2.24, 2.45) is 5.92 Å². The van der Waals surface area contributed by atoms with Crippen molar-refractivity contribution in [3.8, 4) is 16.9 Å². The van der Waals surface area contributed by atoms with E-state index in [0.29, 0.717) is 11.5 Å². The second-order valence-electron chi connectivity index (χ2n) is 9.04. The van der Waals surface area contributed by atoms with E-state index in [1.807, 2.05) is 24.3 Å². The second kappa shape index (κ2) is 10.6. The van der Waals surface area contributed by atoms with E-state index in [-0.39, 0.29) is 0 Å². The third-order valence-electron chi connectivity index (χ3n) is 6.60. The number of unbranched alkanes of at least 4 members (excludes halogenated alkanes) is 1. The first kappa shape index (κ1) is 27.0. The lowest BCUT2D eigenvalue weighted by Gasteiger charge is -2.29. The van der Waals surface area contributed by atoms with Crippen LogP contribution in [0.4, 0.5) is 30.7 Å². The molecule has 1 aliphatic carbocycles. The molecule has 0 radical (unpaired) electrons. The molecule has 0 N–H and O–H groups in total. The molecule has 0 aromatic heterocycles. The van der Waals surface area contributed by atoms with Crippen LogP contribution in [0.25, 0.3) is 11.1 Å². The van der Waals surface area contributed by atoms with E-state index in [0.717, 1.165) is 36.5 Å². The lowest BCUT2D eigenvalue weighted by molar-refractivity contribution is -0.346. The molecule has 35 heavy (non-hydrogen) atoms. The zero-order chi connectivity index (χ0) is 25.9. The van der Waals surface area contributed by atoms with Crippen LogP contribution in [0.15, 0.2) is 48.5 Å². The maximum absolute atomic E-state index is 13.4. The van der Waals surface area contributed by atoms with Gasteiger partial charge in [-0.05, 0) is 66.3 Å². The molecule has 0 saturated heterocycles. The third kappa shape index (κ3) is 5.98. The topological polar surface area (TPSA) is 26.3 Å². The van der Waals surface area contributed by atoms with E-state index in [1.165, 1.54) is 49.8 Å². The minimum atomic E-state index is -6.61. The van der Waals surface area contributed by atoms with Crippen LogP contribution >= 0.6 is 0 Å². The summed E-state index contributed by atoms with van der Waals surface area (Å²) in [5.74, 6) is -14.9. The minimum absolute atomic E-state index is 0.500. The molecular formula is C26H27F7O2. The highest BCUT2D eigenvalue weighted by Gasteiger charge is 2.77. The quantitative estimate of drug-likeness (QED) is 0.205. The predicted molar refractivity (Wildman–Crippen MR) is 118 cm³/mol. The van der Waals surface area contributed by atoms with Crippen molar-refractivity contribution in [1.29, 1.82) is 0 Å². The zero-order valence-electron chi connectivity index (χ0n) is 19.2. The molecule has 192 valence electrons. The zero-order valence-corrected chi connectivity index (χ0v) is 19.2. The first-order chi connectivity index (χ1) is 16.4. The van der Waals surface area contributed by atoms with Gasteiger partial charge in [-0.1, -0.05) is 62.6 Å². The van der Waals surface area contributed by atoms with E-state index in [2.05, 4.69) is 11.7 Å². The SMILES string of the molecule is CCCCC1CCC(c2ccc(-c3ccc(OC(=O)C(F)(F)C(F)(F)C(F)(F)F)cc3)cc2)CC1. The Morgan fingerprint density at radius 3 is 1.83 bits per heavy atom. The van der Waals surface area contributed by atoms with Crippen molar-refractivity contribution < 1.29 is 40.3 Å². The molecule has 2 aromatic rings. The van der Waals surface area contributed by atoms with Crippen molar-refractivity contribution in [3.63, 3.8) is 0 Å². The normalized spacial score (nSPS) is 19.4. The standard InChI is InChI=1S/C26H27F7O2/c1-2-3-4-17-5-7-18(8-6-17)19-9-11-20(12-10-19)21-13-15-22(16-14-21)35-23(34)24(27,28)25(29,30)26(31,32)33/h9-18H,2-8H2,1H3. The van der Waals surface area contributed by atoms with E-state index < -0.39 is 29.7 Å². The van der Waals surface area contributed by atoms with Crippen LogP contribution in [0, 0.1) is 5.92 Å². The summed E-state index contributed by atoms with van der Waals surface area (Å²) in [6.45, 7) is 2.20. The smallest absolute Gasteiger partial charge is 0.422 e. The number of rotatable bonds is 8. The average Bonchev–Trinajstić information content (AvgIpc) is 2.83. The highest BCUT2D eigenvalue weighted by Crippen LogP contribution is 2.47. The molecule has 0 atom stereocenters. The van der Waals surface area contributed by atoms with Gasteiger partial charge in [0.1, 0.15) is 5.75 Å². The number of hydrogen-bond donors (Lipinski definition) is 0. The molecule has 0 bridgehead atoms. The van der Waals surface area contributed by atoms with Crippen LogP contribution in [-0.2, 0) is 4.79 Å². The fourth-order valence-electron chi connectivity index (χ4n) is 4.42. The number of ether oxygens (including phenoxy) is 1. The molecule has 9 heteroatoms. The van der Waals surface area contributed by atoms with Crippen LogP contribution in [0.5, 0.6) is 5.75 Å². The average molecular weight is 504 g/mol. The number of hydrogen-bond acceptors (Lipinski definition) is 2. The third-order valence-corrected chi connectivity index (χ3v) is 6.60. The van der Waals surface area contributed by atoms with Crippen LogP contribution in [-0.4, -0.2) is 24.0 Å². The maximum Gasteiger partial charge on any atom is 0.460 e. The number of alkyl halides is 7. The minimum Gasteiger partial charge on any atom is -0.422 e. The summed E-state index contributed by atoms with van der Waals surface area (Å²) in [7, 11) is 0. The van der Waals surface area contributed by atoms with Gasteiger partial charge < -0.3 is 4.74 Å². The number of esters is 1. The lowest BCUT2D eigenvalue weighted by Crippen LogP contribution is -2.57. The second-order valence-corrected chi connectivity index (χ2v) is 9.04. The van der Waals surface area contributed by atoms with Crippen LogP contribution in [0.2, 0.25) is 0 Å².